The average molecular weight is 440 g/mol. The van der Waals surface area contributed by atoms with E-state index in [-0.39, 0.29) is 0 Å². The zero-order valence-corrected chi connectivity index (χ0v) is 19.1. The lowest BCUT2D eigenvalue weighted by Crippen LogP contribution is -2.30. The predicted octanol–water partition coefficient (Wildman–Crippen LogP) is 7.48. The fraction of sp³-hybridized carbons (Fsp3) is 0.0645. The highest BCUT2D eigenvalue weighted by Crippen LogP contribution is 2.37. The van der Waals surface area contributed by atoms with Crippen LogP contribution in [0, 0.1) is 6.92 Å². The summed E-state index contributed by atoms with van der Waals surface area (Å²) in [4.78, 5) is 0. The minimum absolute atomic E-state index is 0.923. The lowest BCUT2D eigenvalue weighted by atomic mass is 10.1. The van der Waals surface area contributed by atoms with E-state index in [2.05, 4.69) is 114 Å². The van der Waals surface area contributed by atoms with Crippen LogP contribution >= 0.6 is 0 Å². The van der Waals surface area contributed by atoms with Gasteiger partial charge in [-0.3, -0.25) is 0 Å². The molecule has 0 saturated carbocycles. The van der Waals surface area contributed by atoms with Crippen molar-refractivity contribution in [2.24, 2.45) is 7.05 Å². The lowest BCUT2D eigenvalue weighted by molar-refractivity contribution is -0.659. The summed E-state index contributed by atoms with van der Waals surface area (Å²) in [6.07, 6.45) is 2.23. The minimum Gasteiger partial charge on any atom is -0.449 e. The van der Waals surface area contributed by atoms with Gasteiger partial charge in [-0.25, -0.2) is 0 Å². The van der Waals surface area contributed by atoms with Gasteiger partial charge in [0.15, 0.2) is 6.20 Å². The van der Waals surface area contributed by atoms with E-state index in [0.717, 1.165) is 28.1 Å². The number of para-hydroxylation sites is 2. The number of furan rings is 1. The fourth-order valence-corrected chi connectivity index (χ4v) is 5.29. The van der Waals surface area contributed by atoms with Crippen LogP contribution < -0.4 is 4.57 Å². The number of hydrogen-bond donors (Lipinski definition) is 0. The molecule has 3 heteroatoms. The van der Waals surface area contributed by atoms with Crippen LogP contribution in [0.15, 0.2) is 108 Å². The second-order valence-corrected chi connectivity index (χ2v) is 9.01. The first-order chi connectivity index (χ1) is 16.7. The largest absolute Gasteiger partial charge is 0.449 e. The van der Waals surface area contributed by atoms with Crippen LogP contribution in [0.2, 0.25) is 0 Å². The van der Waals surface area contributed by atoms with Gasteiger partial charge in [0, 0.05) is 33.5 Å². The van der Waals surface area contributed by atoms with E-state index in [1.165, 1.54) is 38.1 Å². The molecule has 7 aromatic rings. The topological polar surface area (TPSA) is 21.9 Å². The molecule has 0 unspecified atom stereocenters. The highest BCUT2D eigenvalue weighted by Gasteiger charge is 2.24. The molecule has 0 atom stereocenters. The van der Waals surface area contributed by atoms with Crippen LogP contribution in [0.3, 0.4) is 0 Å². The normalized spacial score (nSPS) is 11.8. The van der Waals surface area contributed by atoms with Gasteiger partial charge >= 0.3 is 0 Å². The molecule has 162 valence electrons. The molecule has 4 aromatic carbocycles. The Bertz CT molecular complexity index is 1870. The van der Waals surface area contributed by atoms with Crippen LogP contribution in [0.25, 0.3) is 60.7 Å². The van der Waals surface area contributed by atoms with Crippen LogP contribution in [-0.2, 0) is 7.05 Å². The first-order valence-corrected chi connectivity index (χ1v) is 11.6. The van der Waals surface area contributed by atoms with Crippen LogP contribution in [0.5, 0.6) is 0 Å². The zero-order valence-electron chi connectivity index (χ0n) is 19.1. The number of pyridine rings is 1. The molecular formula is C31H23N2O+. The number of fused-ring (bicyclic) bond motifs is 5. The number of rotatable bonds is 2. The summed E-state index contributed by atoms with van der Waals surface area (Å²) in [5.41, 5.74) is 6.71. The van der Waals surface area contributed by atoms with Crippen LogP contribution in [0.1, 0.15) is 5.56 Å². The zero-order chi connectivity index (χ0) is 22.8. The maximum absolute atomic E-state index is 6.36. The summed E-state index contributed by atoms with van der Waals surface area (Å²) >= 11 is 0. The van der Waals surface area contributed by atoms with Crippen molar-refractivity contribution in [1.82, 2.24) is 4.57 Å². The highest BCUT2D eigenvalue weighted by atomic mass is 16.3. The van der Waals surface area contributed by atoms with Gasteiger partial charge in [0.05, 0.1) is 5.52 Å². The van der Waals surface area contributed by atoms with Crippen molar-refractivity contribution in [3.05, 3.63) is 109 Å². The molecule has 3 aromatic heterocycles. The van der Waals surface area contributed by atoms with E-state index in [1.807, 2.05) is 12.1 Å². The SMILES string of the molecule is Cc1c(-c2cc3c4cc5ccccc5cc4n(-c4ccccc4)c3c[n+]2C)oc2ccccc12. The van der Waals surface area contributed by atoms with Gasteiger partial charge in [-0.2, -0.15) is 4.57 Å². The van der Waals surface area contributed by atoms with Gasteiger partial charge in [0.25, 0.3) is 0 Å². The Kier molecular flexibility index (Phi) is 3.97. The summed E-state index contributed by atoms with van der Waals surface area (Å²) in [5, 5.41) is 6.12. The van der Waals surface area contributed by atoms with Crippen molar-refractivity contribution in [2.45, 2.75) is 6.92 Å². The number of aromatic nitrogens is 2. The maximum atomic E-state index is 6.36. The van der Waals surface area contributed by atoms with Gasteiger partial charge in [-0.05, 0) is 48.0 Å². The molecule has 0 aliphatic heterocycles. The third-order valence-corrected chi connectivity index (χ3v) is 6.98. The third-order valence-electron chi connectivity index (χ3n) is 6.98. The second-order valence-electron chi connectivity index (χ2n) is 9.01. The van der Waals surface area contributed by atoms with Gasteiger partial charge in [0.2, 0.25) is 11.5 Å². The molecule has 34 heavy (non-hydrogen) atoms. The molecular weight excluding hydrogens is 416 g/mol. The quantitative estimate of drug-likeness (QED) is 0.256. The van der Waals surface area contributed by atoms with Gasteiger partial charge in [0.1, 0.15) is 18.1 Å². The molecule has 0 saturated heterocycles. The molecule has 0 spiro atoms. The summed E-state index contributed by atoms with van der Waals surface area (Å²) in [6.45, 7) is 2.14. The van der Waals surface area contributed by atoms with E-state index in [0.29, 0.717) is 0 Å². The van der Waals surface area contributed by atoms with Crippen molar-refractivity contribution < 1.29 is 8.98 Å². The molecule has 0 amide bonds. The van der Waals surface area contributed by atoms with Gasteiger partial charge in [-0.15, -0.1) is 0 Å². The van der Waals surface area contributed by atoms with Gasteiger partial charge in [-0.1, -0.05) is 60.7 Å². The molecule has 0 aliphatic rings. The number of hydrogen-bond acceptors (Lipinski definition) is 1. The Hall–Kier alpha value is -4.37. The minimum atomic E-state index is 0.923. The molecule has 3 heterocycles. The summed E-state index contributed by atoms with van der Waals surface area (Å²) < 4.78 is 10.9. The van der Waals surface area contributed by atoms with Crippen LogP contribution in [0.4, 0.5) is 0 Å². The smallest absolute Gasteiger partial charge is 0.249 e. The maximum Gasteiger partial charge on any atom is 0.249 e. The summed E-state index contributed by atoms with van der Waals surface area (Å²) in [7, 11) is 2.10. The molecule has 0 bridgehead atoms. The third kappa shape index (κ3) is 2.67. The summed E-state index contributed by atoms with van der Waals surface area (Å²) in [6, 6.07) is 34.4. The first-order valence-electron chi connectivity index (χ1n) is 11.6. The molecule has 0 radical (unpaired) electrons. The van der Waals surface area contributed by atoms with E-state index in [9.17, 15) is 0 Å². The Morgan fingerprint density at radius 3 is 2.15 bits per heavy atom. The second kappa shape index (κ2) is 7.06. The lowest BCUT2D eigenvalue weighted by Gasteiger charge is -2.07. The molecule has 0 aliphatic carbocycles. The Labute approximate surface area is 197 Å². The summed E-state index contributed by atoms with van der Waals surface area (Å²) in [5.74, 6) is 0.923. The van der Waals surface area contributed by atoms with Crippen molar-refractivity contribution in [3.8, 4) is 17.1 Å². The Balaban J connectivity index is 1.62. The van der Waals surface area contributed by atoms with E-state index < -0.39 is 0 Å². The van der Waals surface area contributed by atoms with Crippen molar-refractivity contribution >= 4 is 43.5 Å². The number of benzene rings is 4. The molecule has 0 fully saturated rings. The van der Waals surface area contributed by atoms with Crippen LogP contribution in [-0.4, -0.2) is 4.57 Å². The van der Waals surface area contributed by atoms with E-state index >= 15 is 0 Å². The monoisotopic (exact) mass is 439 g/mol. The highest BCUT2D eigenvalue weighted by molar-refractivity contribution is 6.13. The Morgan fingerprint density at radius 1 is 0.676 bits per heavy atom. The molecule has 0 N–H and O–H groups in total. The molecule has 7 rings (SSSR count). The predicted molar refractivity (Wildman–Crippen MR) is 139 cm³/mol. The van der Waals surface area contributed by atoms with Gasteiger partial charge < -0.3 is 8.98 Å². The van der Waals surface area contributed by atoms with E-state index in [4.69, 9.17) is 4.42 Å². The van der Waals surface area contributed by atoms with E-state index in [1.54, 1.807) is 0 Å². The standard InChI is InChI=1S/C31H23N2O/c1-20-24-14-8-9-15-30(24)34-31(20)28-18-26-25-16-21-10-6-7-11-22(21)17-27(25)33(29(26)19-32(28)2)23-12-4-3-5-13-23/h3-19H,1-2H3/q+1. The van der Waals surface area contributed by atoms with Crippen molar-refractivity contribution in [3.63, 3.8) is 0 Å². The van der Waals surface area contributed by atoms with Crippen molar-refractivity contribution in [2.75, 3.05) is 0 Å². The number of aryl methyl sites for hydroxylation is 2. The fourth-order valence-electron chi connectivity index (χ4n) is 5.29. The average Bonchev–Trinajstić information content (AvgIpc) is 3.36. The number of nitrogens with zero attached hydrogens (tertiary/aromatic N) is 2. The van der Waals surface area contributed by atoms with Crippen molar-refractivity contribution in [1.29, 1.82) is 0 Å². The molecule has 3 nitrogen and oxygen atoms in total. The first kappa shape index (κ1) is 19.1. The Morgan fingerprint density at radius 2 is 1.35 bits per heavy atom.